The zero-order valence-corrected chi connectivity index (χ0v) is 13.6. The monoisotopic (exact) mass is 342 g/mol. The fourth-order valence-electron chi connectivity index (χ4n) is 2.82. The average Bonchev–Trinajstić information content (AvgIpc) is 2.31. The van der Waals surface area contributed by atoms with Crippen molar-refractivity contribution in [1.29, 1.82) is 0 Å². The highest BCUT2D eigenvalue weighted by atomic mass is 79.9. The summed E-state index contributed by atoms with van der Waals surface area (Å²) in [5, 5.41) is 0. The number of hydrogen-bond donors (Lipinski definition) is 1. The number of carbonyl (C=O) groups is 1. The van der Waals surface area contributed by atoms with E-state index in [2.05, 4.69) is 15.9 Å². The molecule has 2 unspecified atom stereocenters. The van der Waals surface area contributed by atoms with E-state index in [-0.39, 0.29) is 23.3 Å². The van der Waals surface area contributed by atoms with E-state index in [1.54, 1.807) is 17.0 Å². The number of nitrogens with zero attached hydrogens (tertiary/aromatic N) is 1. The molecule has 1 aromatic carbocycles. The van der Waals surface area contributed by atoms with Gasteiger partial charge in [0.15, 0.2) is 0 Å². The first kappa shape index (κ1) is 15.4. The molecule has 5 heteroatoms. The lowest BCUT2D eigenvalue weighted by molar-refractivity contribution is -0.144. The highest BCUT2D eigenvalue weighted by Crippen LogP contribution is 2.37. The molecule has 2 rings (SSSR count). The van der Waals surface area contributed by atoms with Crippen molar-refractivity contribution in [1.82, 2.24) is 4.90 Å². The minimum absolute atomic E-state index is 0.0338. The van der Waals surface area contributed by atoms with Crippen molar-refractivity contribution in [2.45, 2.75) is 51.2 Å². The van der Waals surface area contributed by atoms with Crippen LogP contribution in [0, 0.1) is 5.82 Å². The van der Waals surface area contributed by atoms with Crippen LogP contribution >= 0.6 is 15.9 Å². The summed E-state index contributed by atoms with van der Waals surface area (Å²) in [5.74, 6) is -0.296. The number of likely N-dealkylation sites (tertiary alicyclic amines) is 1. The molecule has 1 aliphatic heterocycles. The molecule has 0 aromatic heterocycles. The maximum Gasteiger partial charge on any atom is 0.223 e. The van der Waals surface area contributed by atoms with Gasteiger partial charge in [0.1, 0.15) is 5.82 Å². The molecule has 1 aromatic rings. The third-order valence-corrected chi connectivity index (χ3v) is 4.14. The predicted octanol–water partition coefficient (Wildman–Crippen LogP) is 3.38. The Hall–Kier alpha value is -0.940. The second-order valence-electron chi connectivity index (χ2n) is 6.25. The molecule has 1 aliphatic rings. The normalized spacial score (nSPS) is 24.1. The number of halogens is 2. The number of nitrogens with two attached hydrogens (primary N) is 1. The minimum atomic E-state index is -0.413. The lowest BCUT2D eigenvalue weighted by Gasteiger charge is -2.47. The van der Waals surface area contributed by atoms with E-state index in [4.69, 9.17) is 5.73 Å². The van der Waals surface area contributed by atoms with E-state index in [1.165, 1.54) is 6.07 Å². The zero-order chi connectivity index (χ0) is 15.1. The molecule has 2 atom stereocenters. The molecule has 0 aliphatic carbocycles. The van der Waals surface area contributed by atoms with Gasteiger partial charge in [-0.05, 0) is 39.3 Å². The van der Waals surface area contributed by atoms with Gasteiger partial charge in [-0.3, -0.25) is 4.79 Å². The third-order valence-electron chi connectivity index (χ3n) is 3.65. The van der Waals surface area contributed by atoms with Gasteiger partial charge in [-0.2, -0.15) is 0 Å². The molecule has 0 saturated carbocycles. The van der Waals surface area contributed by atoms with E-state index in [1.807, 2.05) is 20.8 Å². The van der Waals surface area contributed by atoms with E-state index >= 15 is 0 Å². The molecule has 0 bridgehead atoms. The Morgan fingerprint density at radius 1 is 1.40 bits per heavy atom. The topological polar surface area (TPSA) is 46.3 Å². The molecule has 1 heterocycles. The van der Waals surface area contributed by atoms with Gasteiger partial charge < -0.3 is 10.6 Å². The average molecular weight is 343 g/mol. The molecule has 2 N–H and O–H groups in total. The van der Waals surface area contributed by atoms with Gasteiger partial charge in [-0.1, -0.05) is 22.0 Å². The van der Waals surface area contributed by atoms with Crippen molar-refractivity contribution in [3.63, 3.8) is 0 Å². The first-order chi connectivity index (χ1) is 9.21. The van der Waals surface area contributed by atoms with Crippen LogP contribution in [0.4, 0.5) is 4.39 Å². The molecule has 20 heavy (non-hydrogen) atoms. The molecule has 110 valence electrons. The Labute approximate surface area is 127 Å². The van der Waals surface area contributed by atoms with E-state index < -0.39 is 6.04 Å². The number of hydrogen-bond acceptors (Lipinski definition) is 2. The van der Waals surface area contributed by atoms with Crippen LogP contribution in [-0.4, -0.2) is 22.4 Å². The van der Waals surface area contributed by atoms with Gasteiger partial charge in [-0.25, -0.2) is 4.39 Å². The van der Waals surface area contributed by atoms with Crippen LogP contribution < -0.4 is 5.73 Å². The van der Waals surface area contributed by atoms with Crippen LogP contribution in [0.2, 0.25) is 0 Å². The van der Waals surface area contributed by atoms with Crippen LogP contribution in [-0.2, 0) is 4.79 Å². The summed E-state index contributed by atoms with van der Waals surface area (Å²) in [6.45, 7) is 5.85. The van der Waals surface area contributed by atoms with E-state index in [0.717, 1.165) is 0 Å². The largest absolute Gasteiger partial charge is 0.329 e. The Balaban J connectivity index is 2.50. The minimum Gasteiger partial charge on any atom is -0.329 e. The summed E-state index contributed by atoms with van der Waals surface area (Å²) in [4.78, 5) is 14.0. The summed E-state index contributed by atoms with van der Waals surface area (Å²) < 4.78 is 15.0. The molecule has 0 radical (unpaired) electrons. The molecule has 3 nitrogen and oxygen atoms in total. The van der Waals surface area contributed by atoms with E-state index in [0.29, 0.717) is 22.9 Å². The Bertz CT molecular complexity index is 527. The Kier molecular flexibility index (Phi) is 4.21. The van der Waals surface area contributed by atoms with Crippen LogP contribution in [0.1, 0.15) is 45.2 Å². The fourth-order valence-corrected chi connectivity index (χ4v) is 3.15. The Morgan fingerprint density at radius 3 is 2.60 bits per heavy atom. The summed E-state index contributed by atoms with van der Waals surface area (Å²) in [6.07, 6.45) is 1.01. The Morgan fingerprint density at radius 2 is 2.05 bits per heavy atom. The number of amides is 1. The number of benzene rings is 1. The van der Waals surface area contributed by atoms with Gasteiger partial charge in [0, 0.05) is 28.0 Å². The van der Waals surface area contributed by atoms with Crippen LogP contribution in [0.15, 0.2) is 22.7 Å². The van der Waals surface area contributed by atoms with Crippen LogP contribution in [0.25, 0.3) is 0 Å². The maximum atomic E-state index is 14.3. The molecular formula is C15H20BrFN2O. The summed E-state index contributed by atoms with van der Waals surface area (Å²) in [6, 6.07) is 4.25. The van der Waals surface area contributed by atoms with Crippen molar-refractivity contribution in [2.75, 3.05) is 0 Å². The van der Waals surface area contributed by atoms with Crippen molar-refractivity contribution >= 4 is 21.8 Å². The first-order valence-electron chi connectivity index (χ1n) is 6.74. The van der Waals surface area contributed by atoms with Crippen molar-refractivity contribution in [3.05, 3.63) is 34.1 Å². The van der Waals surface area contributed by atoms with Crippen molar-refractivity contribution in [3.8, 4) is 0 Å². The fraction of sp³-hybridized carbons (Fsp3) is 0.533. The standard InChI is InChI=1S/C15H20BrFN2O/c1-15(2,3)19-13(20)7-6-12(18)14(19)10-5-4-9(16)8-11(10)17/h4-5,8,12,14H,6-7,18H2,1-3H3. The highest BCUT2D eigenvalue weighted by Gasteiger charge is 2.41. The summed E-state index contributed by atoms with van der Waals surface area (Å²) in [7, 11) is 0. The van der Waals surface area contributed by atoms with Gasteiger partial charge in [-0.15, -0.1) is 0 Å². The number of rotatable bonds is 1. The molecule has 1 amide bonds. The quantitative estimate of drug-likeness (QED) is 0.850. The second-order valence-corrected chi connectivity index (χ2v) is 7.16. The van der Waals surface area contributed by atoms with Gasteiger partial charge in [0.05, 0.1) is 6.04 Å². The molecule has 1 saturated heterocycles. The zero-order valence-electron chi connectivity index (χ0n) is 12.0. The van der Waals surface area contributed by atoms with Crippen LogP contribution in [0.5, 0.6) is 0 Å². The lowest BCUT2D eigenvalue weighted by Crippen LogP contribution is -2.56. The SMILES string of the molecule is CC(C)(C)N1C(=O)CCC(N)C1c1ccc(Br)cc1F. The van der Waals surface area contributed by atoms with Gasteiger partial charge in [0.25, 0.3) is 0 Å². The number of carbonyl (C=O) groups excluding carboxylic acids is 1. The predicted molar refractivity (Wildman–Crippen MR) is 80.6 cm³/mol. The smallest absolute Gasteiger partial charge is 0.223 e. The molecule has 1 fully saturated rings. The van der Waals surface area contributed by atoms with Gasteiger partial charge >= 0.3 is 0 Å². The van der Waals surface area contributed by atoms with E-state index in [9.17, 15) is 9.18 Å². The third kappa shape index (κ3) is 2.88. The molecular weight excluding hydrogens is 323 g/mol. The summed E-state index contributed by atoms with van der Waals surface area (Å²) >= 11 is 3.25. The second kappa shape index (κ2) is 5.45. The van der Waals surface area contributed by atoms with Gasteiger partial charge in [0.2, 0.25) is 5.91 Å². The number of piperidine rings is 1. The molecule has 0 spiro atoms. The van der Waals surface area contributed by atoms with Crippen molar-refractivity contribution in [2.24, 2.45) is 5.73 Å². The van der Waals surface area contributed by atoms with Crippen LogP contribution in [0.3, 0.4) is 0 Å². The maximum absolute atomic E-state index is 14.3. The summed E-state index contributed by atoms with van der Waals surface area (Å²) in [5.41, 5.74) is 6.29. The lowest BCUT2D eigenvalue weighted by atomic mass is 9.86. The first-order valence-corrected chi connectivity index (χ1v) is 7.54. The highest BCUT2D eigenvalue weighted by molar-refractivity contribution is 9.10. The van der Waals surface area contributed by atoms with Crippen molar-refractivity contribution < 1.29 is 9.18 Å².